The molecule has 3 amide bonds. The molecule has 2 N–H and O–H groups in total. The zero-order valence-electron chi connectivity index (χ0n) is 14.1. The summed E-state index contributed by atoms with van der Waals surface area (Å²) >= 11 is 0. The highest BCUT2D eigenvalue weighted by atomic mass is 32.2. The molecule has 7 nitrogen and oxygen atoms in total. The van der Waals surface area contributed by atoms with Crippen LogP contribution in [0.3, 0.4) is 0 Å². The number of ether oxygens (including phenoxy) is 1. The molecule has 2 unspecified atom stereocenters. The fourth-order valence-electron chi connectivity index (χ4n) is 1.78. The molecule has 0 fully saturated rings. The lowest BCUT2D eigenvalue weighted by atomic mass is 10.2. The number of carbonyl (C=O) groups is 3. The highest BCUT2D eigenvalue weighted by molar-refractivity contribution is 7.85. The van der Waals surface area contributed by atoms with Gasteiger partial charge in [-0.3, -0.25) is 14.3 Å². The van der Waals surface area contributed by atoms with Gasteiger partial charge in [-0.25, -0.2) is 9.59 Å². The summed E-state index contributed by atoms with van der Waals surface area (Å²) < 4.78 is 17.1. The van der Waals surface area contributed by atoms with Crippen LogP contribution in [0.2, 0.25) is 0 Å². The molecule has 0 aromatic heterocycles. The number of hydrogen-bond acceptors (Lipinski definition) is 5. The SMILES string of the molecule is CCS(=O)c1ccccc1C(=O)OC(C)C(=O)NC(=O)NC(C)C. The Hall–Kier alpha value is -2.22. The Bertz CT molecular complexity index is 645. The van der Waals surface area contributed by atoms with E-state index in [4.69, 9.17) is 4.74 Å². The summed E-state index contributed by atoms with van der Waals surface area (Å²) in [5.74, 6) is -1.15. The molecule has 0 radical (unpaired) electrons. The van der Waals surface area contributed by atoms with Gasteiger partial charge in [0.25, 0.3) is 5.91 Å². The maximum Gasteiger partial charge on any atom is 0.340 e. The van der Waals surface area contributed by atoms with Crippen LogP contribution in [0, 0.1) is 0 Å². The fraction of sp³-hybridized carbons (Fsp3) is 0.438. The van der Waals surface area contributed by atoms with Crippen molar-refractivity contribution in [3.63, 3.8) is 0 Å². The summed E-state index contributed by atoms with van der Waals surface area (Å²) in [6.07, 6.45) is -1.17. The minimum Gasteiger partial charge on any atom is -0.449 e. The van der Waals surface area contributed by atoms with Crippen molar-refractivity contribution in [1.82, 2.24) is 10.6 Å². The number of hydrogen-bond donors (Lipinski definition) is 2. The minimum absolute atomic E-state index is 0.133. The molecule has 0 aliphatic carbocycles. The summed E-state index contributed by atoms with van der Waals surface area (Å²) in [6, 6.07) is 5.56. The average Bonchev–Trinajstić information content (AvgIpc) is 2.52. The normalized spacial score (nSPS) is 13.0. The molecule has 0 saturated carbocycles. The number of rotatable bonds is 6. The van der Waals surface area contributed by atoms with E-state index in [1.807, 2.05) is 0 Å². The van der Waals surface area contributed by atoms with Crippen LogP contribution in [0.4, 0.5) is 4.79 Å². The van der Waals surface area contributed by atoms with E-state index in [2.05, 4.69) is 10.6 Å². The molecule has 0 spiro atoms. The first-order chi connectivity index (χ1) is 11.3. The number of imide groups is 1. The predicted octanol–water partition coefficient (Wildman–Crippen LogP) is 1.59. The molecule has 0 bridgehead atoms. The molecule has 1 aromatic carbocycles. The average molecular weight is 354 g/mol. The predicted molar refractivity (Wildman–Crippen MR) is 90.1 cm³/mol. The van der Waals surface area contributed by atoms with Gasteiger partial charge in [0.2, 0.25) is 0 Å². The van der Waals surface area contributed by atoms with Gasteiger partial charge in [-0.15, -0.1) is 0 Å². The standard InChI is InChI=1S/C16H22N2O5S/c1-5-24(22)13-9-7-6-8-12(13)15(20)23-11(4)14(19)18-16(21)17-10(2)3/h6-11H,5H2,1-4H3,(H2,17,18,19,21). The van der Waals surface area contributed by atoms with Gasteiger partial charge in [-0.1, -0.05) is 19.1 Å². The Kier molecular flexibility index (Phi) is 7.57. The summed E-state index contributed by atoms with van der Waals surface area (Å²) in [5.41, 5.74) is 0.143. The first-order valence-electron chi connectivity index (χ1n) is 7.56. The van der Waals surface area contributed by atoms with Crippen LogP contribution >= 0.6 is 0 Å². The number of carbonyl (C=O) groups excluding carboxylic acids is 3. The summed E-state index contributed by atoms with van der Waals surface area (Å²) in [4.78, 5) is 35.9. The zero-order valence-corrected chi connectivity index (χ0v) is 14.9. The molecular formula is C16H22N2O5S. The van der Waals surface area contributed by atoms with Gasteiger partial charge in [-0.05, 0) is 32.9 Å². The van der Waals surface area contributed by atoms with Crippen LogP contribution in [0.15, 0.2) is 29.2 Å². The van der Waals surface area contributed by atoms with E-state index in [0.717, 1.165) is 0 Å². The number of amides is 3. The lowest BCUT2D eigenvalue weighted by Gasteiger charge is -2.15. The fourth-order valence-corrected chi connectivity index (χ4v) is 2.72. The largest absolute Gasteiger partial charge is 0.449 e. The van der Waals surface area contributed by atoms with E-state index in [1.165, 1.54) is 13.0 Å². The molecule has 8 heteroatoms. The monoisotopic (exact) mass is 354 g/mol. The first kappa shape index (κ1) is 19.8. The molecular weight excluding hydrogens is 332 g/mol. The second kappa shape index (κ2) is 9.17. The number of benzene rings is 1. The van der Waals surface area contributed by atoms with Gasteiger partial charge in [0, 0.05) is 11.8 Å². The second-order valence-corrected chi connectivity index (χ2v) is 7.00. The lowest BCUT2D eigenvalue weighted by molar-refractivity contribution is -0.127. The van der Waals surface area contributed by atoms with Crippen molar-refractivity contribution in [3.8, 4) is 0 Å². The third-order valence-electron chi connectivity index (χ3n) is 2.92. The summed E-state index contributed by atoms with van der Waals surface area (Å²) in [7, 11) is -1.33. The molecule has 0 aliphatic rings. The number of urea groups is 1. The van der Waals surface area contributed by atoms with Crippen molar-refractivity contribution < 1.29 is 23.3 Å². The number of esters is 1. The Morgan fingerprint density at radius 2 is 1.79 bits per heavy atom. The van der Waals surface area contributed by atoms with Crippen LogP contribution in [-0.2, 0) is 20.3 Å². The Balaban J connectivity index is 2.76. The molecule has 0 aliphatic heterocycles. The minimum atomic E-state index is -1.33. The number of nitrogens with one attached hydrogen (secondary N) is 2. The van der Waals surface area contributed by atoms with Gasteiger partial charge in [-0.2, -0.15) is 0 Å². The molecule has 24 heavy (non-hydrogen) atoms. The van der Waals surface area contributed by atoms with Crippen molar-refractivity contribution in [1.29, 1.82) is 0 Å². The molecule has 1 aromatic rings. The molecule has 0 saturated heterocycles. The van der Waals surface area contributed by atoms with Crippen molar-refractivity contribution in [3.05, 3.63) is 29.8 Å². The van der Waals surface area contributed by atoms with Crippen molar-refractivity contribution in [2.24, 2.45) is 0 Å². The van der Waals surface area contributed by atoms with Crippen LogP contribution in [0.25, 0.3) is 0 Å². The Morgan fingerprint density at radius 1 is 1.17 bits per heavy atom. The third-order valence-corrected chi connectivity index (χ3v) is 4.29. The molecule has 1 rings (SSSR count). The Morgan fingerprint density at radius 3 is 2.38 bits per heavy atom. The third kappa shape index (κ3) is 5.77. The maximum atomic E-state index is 12.2. The second-order valence-electron chi connectivity index (χ2n) is 5.30. The van der Waals surface area contributed by atoms with Crippen LogP contribution in [0.1, 0.15) is 38.1 Å². The van der Waals surface area contributed by atoms with E-state index in [-0.39, 0.29) is 11.6 Å². The van der Waals surface area contributed by atoms with E-state index < -0.39 is 34.8 Å². The Labute approximate surface area is 143 Å². The summed E-state index contributed by atoms with van der Waals surface area (Å²) in [6.45, 7) is 6.59. The van der Waals surface area contributed by atoms with E-state index in [0.29, 0.717) is 10.6 Å². The van der Waals surface area contributed by atoms with Crippen molar-refractivity contribution in [2.75, 3.05) is 5.75 Å². The first-order valence-corrected chi connectivity index (χ1v) is 8.87. The highest BCUT2D eigenvalue weighted by Crippen LogP contribution is 2.15. The molecule has 132 valence electrons. The highest BCUT2D eigenvalue weighted by Gasteiger charge is 2.23. The van der Waals surface area contributed by atoms with Gasteiger partial charge < -0.3 is 10.1 Å². The van der Waals surface area contributed by atoms with Gasteiger partial charge >= 0.3 is 12.0 Å². The van der Waals surface area contributed by atoms with E-state index in [9.17, 15) is 18.6 Å². The van der Waals surface area contributed by atoms with Gasteiger partial charge in [0.05, 0.1) is 21.3 Å². The van der Waals surface area contributed by atoms with Crippen molar-refractivity contribution >= 4 is 28.7 Å². The van der Waals surface area contributed by atoms with Crippen LogP contribution < -0.4 is 10.6 Å². The van der Waals surface area contributed by atoms with Crippen LogP contribution in [0.5, 0.6) is 0 Å². The van der Waals surface area contributed by atoms with E-state index in [1.54, 1.807) is 39.0 Å². The summed E-state index contributed by atoms with van der Waals surface area (Å²) in [5, 5.41) is 4.58. The molecule has 2 atom stereocenters. The van der Waals surface area contributed by atoms with Gasteiger partial charge in [0.1, 0.15) is 0 Å². The van der Waals surface area contributed by atoms with Gasteiger partial charge in [0.15, 0.2) is 6.10 Å². The van der Waals surface area contributed by atoms with E-state index >= 15 is 0 Å². The van der Waals surface area contributed by atoms with Crippen molar-refractivity contribution in [2.45, 2.75) is 44.7 Å². The molecule has 0 heterocycles. The topological polar surface area (TPSA) is 102 Å². The smallest absolute Gasteiger partial charge is 0.340 e. The maximum absolute atomic E-state index is 12.2. The quantitative estimate of drug-likeness (QED) is 0.756. The lowest BCUT2D eigenvalue weighted by Crippen LogP contribution is -2.46. The zero-order chi connectivity index (χ0) is 18.3. The van der Waals surface area contributed by atoms with Crippen LogP contribution in [-0.4, -0.2) is 40.0 Å².